The van der Waals surface area contributed by atoms with Crippen LogP contribution < -0.4 is 24.8 Å². The first-order valence-corrected chi connectivity index (χ1v) is 14.3. The molecule has 4 heterocycles. The summed E-state index contributed by atoms with van der Waals surface area (Å²) in [6.45, 7) is 1.34. The van der Waals surface area contributed by atoms with Crippen molar-refractivity contribution in [3.63, 3.8) is 0 Å². The molecule has 2 N–H and O–H groups in total. The topological polar surface area (TPSA) is 119 Å². The summed E-state index contributed by atoms with van der Waals surface area (Å²) >= 11 is 0. The van der Waals surface area contributed by atoms with E-state index in [4.69, 9.17) is 14.2 Å². The van der Waals surface area contributed by atoms with Gasteiger partial charge >= 0.3 is 0 Å². The average molecular weight is 573 g/mol. The Labute approximate surface area is 245 Å². The van der Waals surface area contributed by atoms with E-state index in [-0.39, 0.29) is 43.3 Å². The number of amides is 3. The van der Waals surface area contributed by atoms with E-state index >= 15 is 0 Å². The molecule has 2 aromatic carbocycles. The first kappa shape index (κ1) is 28.9. The third kappa shape index (κ3) is 7.37. The molecule has 3 aromatic rings. The van der Waals surface area contributed by atoms with Crippen molar-refractivity contribution in [2.24, 2.45) is 0 Å². The number of nitrogens with one attached hydrogen (secondary N) is 2. The number of anilines is 1. The summed E-state index contributed by atoms with van der Waals surface area (Å²) < 4.78 is 17.5. The quantitative estimate of drug-likeness (QED) is 0.458. The first-order chi connectivity index (χ1) is 20.5. The zero-order valence-corrected chi connectivity index (χ0v) is 23.8. The van der Waals surface area contributed by atoms with E-state index in [0.717, 1.165) is 16.7 Å². The fourth-order valence-electron chi connectivity index (χ4n) is 5.28. The number of aryl methyl sites for hydroxylation is 1. The van der Waals surface area contributed by atoms with Crippen molar-refractivity contribution in [2.45, 2.75) is 38.0 Å². The van der Waals surface area contributed by atoms with Gasteiger partial charge in [-0.15, -0.1) is 0 Å². The summed E-state index contributed by atoms with van der Waals surface area (Å²) in [5.41, 5.74) is 3.63. The van der Waals surface area contributed by atoms with Crippen LogP contribution in [0.1, 0.15) is 48.3 Å². The lowest BCUT2D eigenvalue weighted by Crippen LogP contribution is -2.42. The maximum atomic E-state index is 13.1. The lowest BCUT2D eigenvalue weighted by atomic mass is 9.84. The van der Waals surface area contributed by atoms with Crippen molar-refractivity contribution in [1.82, 2.24) is 15.2 Å². The molecule has 42 heavy (non-hydrogen) atoms. The number of hydrogen-bond acceptors (Lipinski definition) is 7. The minimum absolute atomic E-state index is 0.0329. The number of aromatic nitrogens is 1. The van der Waals surface area contributed by atoms with Crippen LogP contribution in [-0.4, -0.2) is 67.6 Å². The number of methoxy groups -OCH3 is 1. The molecule has 6 rings (SSSR count). The van der Waals surface area contributed by atoms with Gasteiger partial charge in [-0.1, -0.05) is 18.2 Å². The Morgan fingerprint density at radius 3 is 2.81 bits per heavy atom. The summed E-state index contributed by atoms with van der Waals surface area (Å²) in [6, 6.07) is 15.2. The van der Waals surface area contributed by atoms with Crippen molar-refractivity contribution in [3.05, 3.63) is 77.6 Å². The fourth-order valence-corrected chi connectivity index (χ4v) is 5.28. The molecule has 3 aliphatic heterocycles. The van der Waals surface area contributed by atoms with E-state index in [2.05, 4.69) is 15.6 Å². The summed E-state index contributed by atoms with van der Waals surface area (Å²) in [6.07, 6.45) is 5.94. The normalized spacial score (nSPS) is 17.7. The molecule has 0 fully saturated rings. The monoisotopic (exact) mass is 572 g/mol. The minimum atomic E-state index is -0.249. The van der Waals surface area contributed by atoms with Gasteiger partial charge in [0.2, 0.25) is 17.7 Å². The lowest BCUT2D eigenvalue weighted by molar-refractivity contribution is -0.136. The van der Waals surface area contributed by atoms with Crippen molar-refractivity contribution < 1.29 is 28.6 Å². The van der Waals surface area contributed by atoms with Gasteiger partial charge in [0.15, 0.2) is 11.5 Å². The number of pyridine rings is 1. The Balaban J connectivity index is 1.33. The summed E-state index contributed by atoms with van der Waals surface area (Å²) in [7, 11) is 1.59. The van der Waals surface area contributed by atoms with E-state index in [1.54, 1.807) is 24.4 Å². The maximum Gasteiger partial charge on any atom is 0.239 e. The summed E-state index contributed by atoms with van der Waals surface area (Å²) in [5.74, 6) is 1.24. The van der Waals surface area contributed by atoms with Gasteiger partial charge < -0.3 is 29.7 Å². The van der Waals surface area contributed by atoms with Gasteiger partial charge in [-0.25, -0.2) is 0 Å². The van der Waals surface area contributed by atoms with Crippen LogP contribution in [0, 0.1) is 0 Å². The van der Waals surface area contributed by atoms with Crippen molar-refractivity contribution >= 4 is 23.4 Å². The first-order valence-electron chi connectivity index (χ1n) is 14.3. The highest BCUT2D eigenvalue weighted by atomic mass is 16.5. The largest absolute Gasteiger partial charge is 0.493 e. The number of ether oxygens (including phenoxy) is 3. The van der Waals surface area contributed by atoms with E-state index in [1.165, 1.54) is 0 Å². The molecule has 6 bridgehead atoms. The molecule has 1 aromatic heterocycles. The summed E-state index contributed by atoms with van der Waals surface area (Å²) in [4.78, 5) is 44.2. The van der Waals surface area contributed by atoms with Crippen molar-refractivity contribution in [2.75, 3.05) is 45.3 Å². The van der Waals surface area contributed by atoms with Crippen LogP contribution in [0.4, 0.5) is 5.69 Å². The molecular weight excluding hydrogens is 536 g/mol. The molecule has 0 spiro atoms. The second kappa shape index (κ2) is 13.8. The standard InChI is InChI=1S/C32H36N4O6/c1-40-28-10-7-23-17-29(28)42-15-3-2-14-36(32(39)11-6-22-5-4-12-33-20-22)21-31(38)34-13-16-41-24-8-9-25-26(23)19-30(37)35-27(25)18-24/h4-5,7-10,12,17-18,20,26H,2-3,6,11,13-16,19,21H2,1H3,(H,34,38)(H,35,37). The van der Waals surface area contributed by atoms with Crippen LogP contribution in [0.25, 0.3) is 0 Å². The Hall–Kier alpha value is -4.60. The lowest BCUT2D eigenvalue weighted by Gasteiger charge is -2.27. The average Bonchev–Trinajstić information content (AvgIpc) is 3.00. The third-order valence-corrected chi connectivity index (χ3v) is 7.46. The number of carbonyl (C=O) groups excluding carboxylic acids is 3. The SMILES string of the molecule is COc1ccc2cc1OCCCCN(C(=O)CCc1cccnc1)CC(=O)NCCOc1ccc3c(c1)NC(=O)CC23. The van der Waals surface area contributed by atoms with Crippen LogP contribution >= 0.6 is 0 Å². The molecule has 1 unspecified atom stereocenters. The number of fused-ring (bicyclic) bond motifs is 12. The van der Waals surface area contributed by atoms with E-state index in [9.17, 15) is 14.4 Å². The number of benzene rings is 2. The molecule has 3 aliphatic rings. The molecule has 220 valence electrons. The van der Waals surface area contributed by atoms with E-state index < -0.39 is 0 Å². The van der Waals surface area contributed by atoms with E-state index in [1.807, 2.05) is 48.5 Å². The zero-order chi connectivity index (χ0) is 29.3. The highest BCUT2D eigenvalue weighted by Crippen LogP contribution is 2.41. The maximum absolute atomic E-state index is 13.1. The van der Waals surface area contributed by atoms with Gasteiger partial charge in [0.25, 0.3) is 0 Å². The van der Waals surface area contributed by atoms with Gasteiger partial charge in [0.1, 0.15) is 12.4 Å². The molecule has 10 heteroatoms. The molecule has 3 amide bonds. The summed E-state index contributed by atoms with van der Waals surface area (Å²) in [5, 5.41) is 5.80. The number of carbonyl (C=O) groups is 3. The Kier molecular flexibility index (Phi) is 9.53. The Morgan fingerprint density at radius 1 is 1.07 bits per heavy atom. The van der Waals surface area contributed by atoms with E-state index in [0.29, 0.717) is 68.2 Å². The Bertz CT molecular complexity index is 1410. The zero-order valence-electron chi connectivity index (χ0n) is 23.8. The second-order valence-corrected chi connectivity index (χ2v) is 10.4. The highest BCUT2D eigenvalue weighted by Gasteiger charge is 2.28. The van der Waals surface area contributed by atoms with Gasteiger partial charge in [0, 0.05) is 49.5 Å². The second-order valence-electron chi connectivity index (χ2n) is 10.4. The van der Waals surface area contributed by atoms with Gasteiger partial charge in [-0.05, 0) is 60.2 Å². The smallest absolute Gasteiger partial charge is 0.239 e. The number of hydrogen-bond donors (Lipinski definition) is 2. The molecule has 1 atom stereocenters. The molecule has 0 radical (unpaired) electrons. The molecule has 0 saturated carbocycles. The molecule has 0 saturated heterocycles. The van der Waals surface area contributed by atoms with Gasteiger partial charge in [-0.2, -0.15) is 0 Å². The van der Waals surface area contributed by atoms with Crippen LogP contribution in [0.2, 0.25) is 0 Å². The van der Waals surface area contributed by atoms with Crippen LogP contribution in [-0.2, 0) is 20.8 Å². The minimum Gasteiger partial charge on any atom is -0.493 e. The predicted octanol–water partition coefficient (Wildman–Crippen LogP) is 3.69. The number of rotatable bonds is 4. The number of nitrogens with zero attached hydrogens (tertiary/aromatic N) is 2. The van der Waals surface area contributed by atoms with Crippen molar-refractivity contribution in [1.29, 1.82) is 0 Å². The van der Waals surface area contributed by atoms with Gasteiger partial charge in [-0.3, -0.25) is 19.4 Å². The fraction of sp³-hybridized carbons (Fsp3) is 0.375. The highest BCUT2D eigenvalue weighted by molar-refractivity contribution is 5.95. The van der Waals surface area contributed by atoms with Crippen LogP contribution in [0.15, 0.2) is 60.9 Å². The van der Waals surface area contributed by atoms with Crippen LogP contribution in [0.5, 0.6) is 17.2 Å². The molecular formula is C32H36N4O6. The van der Waals surface area contributed by atoms with Crippen LogP contribution in [0.3, 0.4) is 0 Å². The predicted molar refractivity (Wildman–Crippen MR) is 157 cm³/mol. The Morgan fingerprint density at radius 2 is 1.98 bits per heavy atom. The van der Waals surface area contributed by atoms with Gasteiger partial charge in [0.05, 0.1) is 26.8 Å². The third-order valence-electron chi connectivity index (χ3n) is 7.46. The van der Waals surface area contributed by atoms with Crippen molar-refractivity contribution in [3.8, 4) is 17.2 Å². The molecule has 10 nitrogen and oxygen atoms in total. The molecule has 0 aliphatic carbocycles.